The molecule has 1 amide bonds. The Labute approximate surface area is 113 Å². The maximum atomic E-state index is 11.9. The Kier molecular flexibility index (Phi) is 4.76. The number of hydrogen-bond acceptors (Lipinski definition) is 4. The largest absolute Gasteiger partial charge is 0.445 e. The predicted molar refractivity (Wildman–Crippen MR) is 71.4 cm³/mol. The van der Waals surface area contributed by atoms with Gasteiger partial charge in [0.2, 0.25) is 0 Å². The molecule has 104 valence electrons. The maximum absolute atomic E-state index is 11.9. The van der Waals surface area contributed by atoms with Gasteiger partial charge in [0, 0.05) is 19.0 Å². The van der Waals surface area contributed by atoms with Crippen molar-refractivity contribution in [2.75, 3.05) is 19.6 Å². The van der Waals surface area contributed by atoms with E-state index in [4.69, 9.17) is 10.5 Å². The van der Waals surface area contributed by atoms with Crippen molar-refractivity contribution in [1.82, 2.24) is 4.90 Å². The van der Waals surface area contributed by atoms with Crippen LogP contribution >= 0.6 is 0 Å². The Balaban J connectivity index is 1.83. The quantitative estimate of drug-likeness (QED) is 0.852. The van der Waals surface area contributed by atoms with Crippen molar-refractivity contribution in [2.45, 2.75) is 19.1 Å². The number of benzene rings is 1. The highest BCUT2D eigenvalue weighted by molar-refractivity contribution is 5.67. The lowest BCUT2D eigenvalue weighted by molar-refractivity contribution is 0.0217. The van der Waals surface area contributed by atoms with Gasteiger partial charge in [-0.25, -0.2) is 4.79 Å². The zero-order chi connectivity index (χ0) is 13.7. The third kappa shape index (κ3) is 3.68. The number of nitrogens with two attached hydrogens (primary N) is 1. The molecule has 2 rings (SSSR count). The molecular weight excluding hydrogens is 244 g/mol. The summed E-state index contributed by atoms with van der Waals surface area (Å²) in [6.45, 7) is 1.63. The van der Waals surface area contributed by atoms with E-state index in [1.54, 1.807) is 4.90 Å². The minimum absolute atomic E-state index is 0.0574. The van der Waals surface area contributed by atoms with Crippen molar-refractivity contribution >= 4 is 6.09 Å². The summed E-state index contributed by atoms with van der Waals surface area (Å²) < 4.78 is 5.26. The number of piperidine rings is 1. The molecule has 0 spiro atoms. The molecule has 2 unspecified atom stereocenters. The fourth-order valence-corrected chi connectivity index (χ4v) is 2.23. The number of carbonyl (C=O) groups excluding carboxylic acids is 1. The second-order valence-corrected chi connectivity index (χ2v) is 4.84. The van der Waals surface area contributed by atoms with Gasteiger partial charge in [-0.1, -0.05) is 30.3 Å². The van der Waals surface area contributed by atoms with Crippen molar-refractivity contribution < 1.29 is 14.6 Å². The van der Waals surface area contributed by atoms with Crippen LogP contribution in [-0.4, -0.2) is 41.8 Å². The molecule has 0 radical (unpaired) electrons. The van der Waals surface area contributed by atoms with Crippen LogP contribution in [0.5, 0.6) is 0 Å². The van der Waals surface area contributed by atoms with E-state index >= 15 is 0 Å². The Morgan fingerprint density at radius 2 is 2.16 bits per heavy atom. The molecule has 19 heavy (non-hydrogen) atoms. The normalized spacial score (nSPS) is 23.2. The molecule has 1 aromatic rings. The third-order valence-corrected chi connectivity index (χ3v) is 3.46. The number of likely N-dealkylation sites (tertiary alicyclic amines) is 1. The fourth-order valence-electron chi connectivity index (χ4n) is 2.23. The first-order valence-electron chi connectivity index (χ1n) is 6.54. The first-order chi connectivity index (χ1) is 9.20. The molecule has 5 nitrogen and oxygen atoms in total. The lowest BCUT2D eigenvalue weighted by Gasteiger charge is -2.34. The molecule has 0 aromatic heterocycles. The Hall–Kier alpha value is -1.59. The summed E-state index contributed by atoms with van der Waals surface area (Å²) in [6.07, 6.45) is -0.195. The minimum atomic E-state index is -0.414. The van der Waals surface area contributed by atoms with E-state index in [1.165, 1.54) is 0 Å². The molecule has 1 fully saturated rings. The lowest BCUT2D eigenvalue weighted by atomic mass is 9.95. The summed E-state index contributed by atoms with van der Waals surface area (Å²) >= 11 is 0. The second kappa shape index (κ2) is 6.54. The molecule has 1 saturated heterocycles. The SMILES string of the molecule is NCC1CN(C(=O)OCc2ccccc2)CCC1O. The molecule has 1 heterocycles. The van der Waals surface area contributed by atoms with Crippen LogP contribution in [0.25, 0.3) is 0 Å². The molecule has 1 aliphatic heterocycles. The Morgan fingerprint density at radius 1 is 1.42 bits per heavy atom. The average molecular weight is 264 g/mol. The van der Waals surface area contributed by atoms with Gasteiger partial charge in [0.05, 0.1) is 6.10 Å². The zero-order valence-corrected chi connectivity index (χ0v) is 10.9. The number of ether oxygens (including phenoxy) is 1. The van der Waals surface area contributed by atoms with Gasteiger partial charge in [-0.15, -0.1) is 0 Å². The Bertz CT molecular complexity index is 410. The lowest BCUT2D eigenvalue weighted by Crippen LogP contribution is -2.48. The highest BCUT2D eigenvalue weighted by atomic mass is 16.6. The topological polar surface area (TPSA) is 75.8 Å². The summed E-state index contributed by atoms with van der Waals surface area (Å²) in [5.41, 5.74) is 6.54. The monoisotopic (exact) mass is 264 g/mol. The predicted octanol–water partition coefficient (Wildman–Crippen LogP) is 0.965. The maximum Gasteiger partial charge on any atom is 0.410 e. The van der Waals surface area contributed by atoms with Gasteiger partial charge < -0.3 is 20.5 Å². The molecule has 1 aromatic carbocycles. The van der Waals surface area contributed by atoms with Gasteiger partial charge in [0.15, 0.2) is 0 Å². The van der Waals surface area contributed by atoms with E-state index < -0.39 is 6.10 Å². The zero-order valence-electron chi connectivity index (χ0n) is 10.9. The van der Waals surface area contributed by atoms with Crippen LogP contribution in [0.15, 0.2) is 30.3 Å². The van der Waals surface area contributed by atoms with Crippen molar-refractivity contribution in [1.29, 1.82) is 0 Å². The van der Waals surface area contributed by atoms with Crippen LogP contribution in [0.2, 0.25) is 0 Å². The number of aliphatic hydroxyl groups excluding tert-OH is 1. The first-order valence-corrected chi connectivity index (χ1v) is 6.54. The Morgan fingerprint density at radius 3 is 2.84 bits per heavy atom. The van der Waals surface area contributed by atoms with Gasteiger partial charge in [-0.05, 0) is 18.5 Å². The van der Waals surface area contributed by atoms with Gasteiger partial charge in [-0.3, -0.25) is 0 Å². The van der Waals surface area contributed by atoms with Crippen LogP contribution in [0.3, 0.4) is 0 Å². The van der Waals surface area contributed by atoms with Gasteiger partial charge in [0.1, 0.15) is 6.61 Å². The second-order valence-electron chi connectivity index (χ2n) is 4.84. The minimum Gasteiger partial charge on any atom is -0.445 e. The van der Waals surface area contributed by atoms with E-state index in [-0.39, 0.29) is 18.6 Å². The third-order valence-electron chi connectivity index (χ3n) is 3.46. The van der Waals surface area contributed by atoms with E-state index in [0.717, 1.165) is 5.56 Å². The molecule has 0 bridgehead atoms. The van der Waals surface area contributed by atoms with Crippen LogP contribution in [0.4, 0.5) is 4.79 Å². The average Bonchev–Trinajstić information content (AvgIpc) is 2.46. The van der Waals surface area contributed by atoms with Gasteiger partial charge >= 0.3 is 6.09 Å². The number of rotatable bonds is 3. The van der Waals surface area contributed by atoms with Crippen molar-refractivity contribution in [3.8, 4) is 0 Å². The van der Waals surface area contributed by atoms with Crippen LogP contribution in [0.1, 0.15) is 12.0 Å². The molecule has 2 atom stereocenters. The number of nitrogens with zero attached hydrogens (tertiary/aromatic N) is 1. The van der Waals surface area contributed by atoms with E-state index in [9.17, 15) is 9.90 Å². The molecule has 3 N–H and O–H groups in total. The summed E-state index contributed by atoms with van der Waals surface area (Å²) in [5.74, 6) is -0.0574. The number of carbonyl (C=O) groups is 1. The van der Waals surface area contributed by atoms with Crippen molar-refractivity contribution in [2.24, 2.45) is 11.7 Å². The number of amides is 1. The van der Waals surface area contributed by atoms with Crippen molar-refractivity contribution in [3.63, 3.8) is 0 Å². The molecular formula is C14H20N2O3. The van der Waals surface area contributed by atoms with Crippen LogP contribution < -0.4 is 5.73 Å². The number of hydrogen-bond donors (Lipinski definition) is 2. The summed E-state index contributed by atoms with van der Waals surface area (Å²) in [6, 6.07) is 9.56. The van der Waals surface area contributed by atoms with E-state index in [2.05, 4.69) is 0 Å². The standard InChI is InChI=1S/C14H20N2O3/c15-8-12-9-16(7-6-13(12)17)14(18)19-10-11-4-2-1-3-5-11/h1-5,12-13,17H,6-10,15H2. The molecule has 5 heteroatoms. The van der Waals surface area contributed by atoms with Gasteiger partial charge in [0.25, 0.3) is 0 Å². The first kappa shape index (κ1) is 13.8. The van der Waals surface area contributed by atoms with Crippen molar-refractivity contribution in [3.05, 3.63) is 35.9 Å². The molecule has 0 saturated carbocycles. The van der Waals surface area contributed by atoms with Gasteiger partial charge in [-0.2, -0.15) is 0 Å². The van der Waals surface area contributed by atoms with E-state index in [0.29, 0.717) is 26.1 Å². The number of aliphatic hydroxyl groups is 1. The summed E-state index contributed by atoms with van der Waals surface area (Å²) in [7, 11) is 0. The molecule has 0 aliphatic carbocycles. The highest BCUT2D eigenvalue weighted by Crippen LogP contribution is 2.17. The fraction of sp³-hybridized carbons (Fsp3) is 0.500. The smallest absolute Gasteiger partial charge is 0.410 e. The summed E-state index contributed by atoms with van der Waals surface area (Å²) in [4.78, 5) is 13.5. The van der Waals surface area contributed by atoms with Crippen LogP contribution in [0, 0.1) is 5.92 Å². The highest BCUT2D eigenvalue weighted by Gasteiger charge is 2.29. The van der Waals surface area contributed by atoms with Crippen LogP contribution in [-0.2, 0) is 11.3 Å². The molecule has 1 aliphatic rings. The summed E-state index contributed by atoms with van der Waals surface area (Å²) in [5, 5.41) is 9.72. The van der Waals surface area contributed by atoms with E-state index in [1.807, 2.05) is 30.3 Å².